The fourth-order valence-electron chi connectivity index (χ4n) is 2.83. The lowest BCUT2D eigenvalue weighted by atomic mass is 10.0. The lowest BCUT2D eigenvalue weighted by Gasteiger charge is -2.17. The van der Waals surface area contributed by atoms with E-state index in [4.69, 9.17) is 5.11 Å². The Labute approximate surface area is 123 Å². The molecule has 0 spiro atoms. The lowest BCUT2D eigenvalue weighted by Crippen LogP contribution is -2.37. The van der Waals surface area contributed by atoms with Crippen LogP contribution in [0.15, 0.2) is 24.3 Å². The SMILES string of the molecule is CC(Cc1ccc(F)cc1)NC(=O)[C@@H]1CC[C@H](C(=O)O)C1. The van der Waals surface area contributed by atoms with Crippen LogP contribution in [0.4, 0.5) is 4.39 Å². The van der Waals surface area contributed by atoms with Crippen LogP contribution in [0.1, 0.15) is 31.7 Å². The molecule has 1 unspecified atom stereocenters. The maximum absolute atomic E-state index is 12.8. The van der Waals surface area contributed by atoms with Crippen LogP contribution in [-0.2, 0) is 16.0 Å². The molecule has 1 aliphatic rings. The number of carbonyl (C=O) groups is 2. The zero-order valence-corrected chi connectivity index (χ0v) is 12.0. The molecule has 1 amide bonds. The van der Waals surface area contributed by atoms with E-state index in [1.165, 1.54) is 12.1 Å². The fourth-order valence-corrected chi connectivity index (χ4v) is 2.83. The number of halogens is 1. The van der Waals surface area contributed by atoms with E-state index >= 15 is 0 Å². The van der Waals surface area contributed by atoms with Crippen molar-refractivity contribution < 1.29 is 19.1 Å². The van der Waals surface area contributed by atoms with Crippen molar-refractivity contribution in [2.45, 2.75) is 38.6 Å². The van der Waals surface area contributed by atoms with E-state index in [9.17, 15) is 14.0 Å². The molecule has 0 aliphatic heterocycles. The second kappa shape index (κ2) is 6.70. The zero-order chi connectivity index (χ0) is 15.4. The van der Waals surface area contributed by atoms with Gasteiger partial charge in [0, 0.05) is 12.0 Å². The average Bonchev–Trinajstić information content (AvgIpc) is 2.91. The Balaban J connectivity index is 1.82. The van der Waals surface area contributed by atoms with Gasteiger partial charge in [0.1, 0.15) is 5.82 Å². The molecule has 114 valence electrons. The molecule has 0 heterocycles. The first-order chi connectivity index (χ1) is 9.95. The predicted molar refractivity (Wildman–Crippen MR) is 76.2 cm³/mol. The van der Waals surface area contributed by atoms with Crippen molar-refractivity contribution in [3.8, 4) is 0 Å². The van der Waals surface area contributed by atoms with Gasteiger partial charge in [0.15, 0.2) is 0 Å². The summed E-state index contributed by atoms with van der Waals surface area (Å²) < 4.78 is 12.8. The van der Waals surface area contributed by atoms with Crippen LogP contribution in [0.25, 0.3) is 0 Å². The van der Waals surface area contributed by atoms with E-state index in [0.717, 1.165) is 5.56 Å². The van der Waals surface area contributed by atoms with Crippen molar-refractivity contribution in [2.24, 2.45) is 11.8 Å². The highest BCUT2D eigenvalue weighted by atomic mass is 19.1. The second-order valence-corrected chi connectivity index (χ2v) is 5.79. The van der Waals surface area contributed by atoms with Crippen LogP contribution in [-0.4, -0.2) is 23.0 Å². The Morgan fingerprint density at radius 2 is 1.90 bits per heavy atom. The third-order valence-electron chi connectivity index (χ3n) is 4.00. The van der Waals surface area contributed by atoms with Gasteiger partial charge in [-0.3, -0.25) is 9.59 Å². The summed E-state index contributed by atoms with van der Waals surface area (Å²) in [5.74, 6) is -1.77. The first kappa shape index (κ1) is 15.5. The monoisotopic (exact) mass is 293 g/mol. The Morgan fingerprint density at radius 3 is 2.48 bits per heavy atom. The summed E-state index contributed by atoms with van der Waals surface area (Å²) in [5.41, 5.74) is 0.957. The third-order valence-corrected chi connectivity index (χ3v) is 4.00. The Hall–Kier alpha value is -1.91. The highest BCUT2D eigenvalue weighted by Gasteiger charge is 2.34. The standard InChI is InChI=1S/C16H20FNO3/c1-10(8-11-2-6-14(17)7-3-11)18-15(19)12-4-5-13(9-12)16(20)21/h2-3,6-7,10,12-13H,4-5,8-9H2,1H3,(H,18,19)(H,20,21)/t10?,12-,13+/m1/s1. The molecule has 4 nitrogen and oxygen atoms in total. The number of nitrogens with one attached hydrogen (secondary N) is 1. The number of carboxylic acids is 1. The molecular weight excluding hydrogens is 273 g/mol. The van der Waals surface area contributed by atoms with E-state index in [-0.39, 0.29) is 23.7 Å². The molecule has 1 aromatic rings. The first-order valence-corrected chi connectivity index (χ1v) is 7.23. The van der Waals surface area contributed by atoms with E-state index in [0.29, 0.717) is 25.7 Å². The van der Waals surface area contributed by atoms with E-state index in [1.54, 1.807) is 12.1 Å². The van der Waals surface area contributed by atoms with Gasteiger partial charge >= 0.3 is 5.97 Å². The molecule has 0 bridgehead atoms. The number of carbonyl (C=O) groups excluding carboxylic acids is 1. The molecule has 2 rings (SSSR count). The Kier molecular flexibility index (Phi) is 4.94. The van der Waals surface area contributed by atoms with Gasteiger partial charge in [-0.25, -0.2) is 4.39 Å². The van der Waals surface area contributed by atoms with Gasteiger partial charge in [-0.15, -0.1) is 0 Å². The summed E-state index contributed by atoms with van der Waals surface area (Å²) in [6, 6.07) is 6.14. The fraction of sp³-hybridized carbons (Fsp3) is 0.500. The van der Waals surface area contributed by atoms with Crippen LogP contribution in [0.2, 0.25) is 0 Å². The van der Waals surface area contributed by atoms with Gasteiger partial charge in [0.25, 0.3) is 0 Å². The highest BCUT2D eigenvalue weighted by molar-refractivity contribution is 5.81. The molecule has 1 fully saturated rings. The molecule has 5 heteroatoms. The van der Waals surface area contributed by atoms with Gasteiger partial charge in [-0.1, -0.05) is 12.1 Å². The van der Waals surface area contributed by atoms with E-state index in [1.807, 2.05) is 6.92 Å². The number of amides is 1. The largest absolute Gasteiger partial charge is 0.481 e. The summed E-state index contributed by atoms with van der Waals surface area (Å²) in [6.45, 7) is 1.89. The highest BCUT2D eigenvalue weighted by Crippen LogP contribution is 2.31. The Bertz CT molecular complexity index is 515. The molecule has 1 saturated carbocycles. The van der Waals surface area contributed by atoms with Crippen LogP contribution in [0.3, 0.4) is 0 Å². The topological polar surface area (TPSA) is 66.4 Å². The van der Waals surface area contributed by atoms with Gasteiger partial charge < -0.3 is 10.4 Å². The third kappa shape index (κ3) is 4.28. The minimum absolute atomic E-state index is 0.0631. The molecule has 0 saturated heterocycles. The summed E-state index contributed by atoms with van der Waals surface area (Å²) >= 11 is 0. The maximum atomic E-state index is 12.8. The van der Waals surface area contributed by atoms with Crippen molar-refractivity contribution in [1.82, 2.24) is 5.32 Å². The number of rotatable bonds is 5. The van der Waals surface area contributed by atoms with Gasteiger partial charge in [0.2, 0.25) is 5.91 Å². The van der Waals surface area contributed by atoms with Gasteiger partial charge in [-0.2, -0.15) is 0 Å². The van der Waals surface area contributed by atoms with E-state index < -0.39 is 11.9 Å². The molecule has 0 radical (unpaired) electrons. The van der Waals surface area contributed by atoms with Gasteiger partial charge in [0.05, 0.1) is 5.92 Å². The number of hydrogen-bond donors (Lipinski definition) is 2. The molecule has 2 N–H and O–H groups in total. The molecule has 21 heavy (non-hydrogen) atoms. The van der Waals surface area contributed by atoms with Crippen molar-refractivity contribution in [1.29, 1.82) is 0 Å². The van der Waals surface area contributed by atoms with Gasteiger partial charge in [-0.05, 0) is 50.3 Å². The van der Waals surface area contributed by atoms with Crippen LogP contribution in [0.5, 0.6) is 0 Å². The van der Waals surface area contributed by atoms with Crippen LogP contribution in [0, 0.1) is 17.7 Å². The number of benzene rings is 1. The van der Waals surface area contributed by atoms with Crippen molar-refractivity contribution in [3.63, 3.8) is 0 Å². The molecule has 1 aliphatic carbocycles. The summed E-state index contributed by atoms with van der Waals surface area (Å²) in [6.07, 6.45) is 2.25. The molecule has 3 atom stereocenters. The van der Waals surface area contributed by atoms with Crippen LogP contribution < -0.4 is 5.32 Å². The normalized spacial score (nSPS) is 22.8. The van der Waals surface area contributed by atoms with Crippen molar-refractivity contribution in [2.75, 3.05) is 0 Å². The van der Waals surface area contributed by atoms with Crippen LogP contribution >= 0.6 is 0 Å². The van der Waals surface area contributed by atoms with Crippen molar-refractivity contribution in [3.05, 3.63) is 35.6 Å². The summed E-state index contributed by atoms with van der Waals surface area (Å²) in [5, 5.41) is 11.9. The molecule has 0 aromatic heterocycles. The number of carboxylic acid groups (broad SMARTS) is 1. The van der Waals surface area contributed by atoms with Crippen molar-refractivity contribution >= 4 is 11.9 Å². The van der Waals surface area contributed by atoms with E-state index in [2.05, 4.69) is 5.32 Å². The average molecular weight is 293 g/mol. The quantitative estimate of drug-likeness (QED) is 0.876. The minimum Gasteiger partial charge on any atom is -0.481 e. The maximum Gasteiger partial charge on any atom is 0.306 e. The zero-order valence-electron chi connectivity index (χ0n) is 12.0. The molecular formula is C16H20FNO3. The Morgan fingerprint density at radius 1 is 1.29 bits per heavy atom. The minimum atomic E-state index is -0.815. The first-order valence-electron chi connectivity index (χ1n) is 7.23. The predicted octanol–water partition coefficient (Wildman–Crippen LogP) is 2.37. The molecule has 1 aromatic carbocycles. The number of aliphatic carboxylic acids is 1. The number of hydrogen-bond acceptors (Lipinski definition) is 2. The lowest BCUT2D eigenvalue weighted by molar-refractivity contribution is -0.141. The summed E-state index contributed by atoms with van der Waals surface area (Å²) in [7, 11) is 0. The summed E-state index contributed by atoms with van der Waals surface area (Å²) in [4.78, 5) is 23.0. The smallest absolute Gasteiger partial charge is 0.306 e. The second-order valence-electron chi connectivity index (χ2n) is 5.79.